The number of anilines is 2. The van der Waals surface area contributed by atoms with Crippen molar-refractivity contribution >= 4 is 29.1 Å². The van der Waals surface area contributed by atoms with Gasteiger partial charge in [0.15, 0.2) is 0 Å². The highest BCUT2D eigenvalue weighted by atomic mass is 32.2. The van der Waals surface area contributed by atoms with Crippen LogP contribution in [-0.4, -0.2) is 34.5 Å². The third-order valence-corrected chi connectivity index (χ3v) is 4.53. The maximum atomic E-state index is 10.8. The maximum Gasteiger partial charge on any atom is 0.276 e. The third-order valence-electron chi connectivity index (χ3n) is 3.11. The molecule has 1 aromatic heterocycles. The summed E-state index contributed by atoms with van der Waals surface area (Å²) in [5.41, 5.74) is 0.0471. The van der Waals surface area contributed by atoms with Crippen LogP contribution in [0.2, 0.25) is 0 Å². The normalized spacial score (nSPS) is 16.1. The van der Waals surface area contributed by atoms with Gasteiger partial charge in [-0.2, -0.15) is 11.8 Å². The van der Waals surface area contributed by atoms with Crippen molar-refractivity contribution in [3.05, 3.63) is 22.2 Å². The van der Waals surface area contributed by atoms with Crippen LogP contribution < -0.4 is 10.6 Å². The number of nitro groups is 1. The van der Waals surface area contributed by atoms with Crippen LogP contribution >= 0.6 is 11.8 Å². The van der Waals surface area contributed by atoms with Gasteiger partial charge < -0.3 is 10.6 Å². The molecule has 0 unspecified atom stereocenters. The van der Waals surface area contributed by atoms with Crippen molar-refractivity contribution in [2.45, 2.75) is 17.6 Å². The van der Waals surface area contributed by atoms with Crippen molar-refractivity contribution in [1.29, 1.82) is 0 Å². The fourth-order valence-electron chi connectivity index (χ4n) is 1.68. The lowest BCUT2D eigenvalue weighted by atomic mass is 10.3. The quantitative estimate of drug-likeness (QED) is 0.609. The van der Waals surface area contributed by atoms with Crippen molar-refractivity contribution in [2.75, 3.05) is 30.5 Å². The van der Waals surface area contributed by atoms with E-state index in [2.05, 4.69) is 21.9 Å². The second-order valence-corrected chi connectivity index (χ2v) is 5.62. The van der Waals surface area contributed by atoms with Gasteiger partial charge in [-0.05, 0) is 19.1 Å². The topological polar surface area (TPSA) is 80.1 Å². The Kier molecular flexibility index (Phi) is 3.60. The maximum absolute atomic E-state index is 10.8. The molecule has 2 rings (SSSR count). The lowest BCUT2D eigenvalue weighted by Crippen LogP contribution is -2.18. The number of nitrogens with one attached hydrogen (secondary N) is 2. The Morgan fingerprint density at radius 1 is 1.50 bits per heavy atom. The molecule has 0 bridgehead atoms. The summed E-state index contributed by atoms with van der Waals surface area (Å²) >= 11 is 1.84. The van der Waals surface area contributed by atoms with Crippen molar-refractivity contribution in [3.63, 3.8) is 0 Å². The molecule has 1 aliphatic rings. The molecular weight excluding hydrogens is 252 g/mol. The van der Waals surface area contributed by atoms with Crippen molar-refractivity contribution in [3.8, 4) is 0 Å². The molecule has 0 aromatic carbocycles. The Labute approximate surface area is 110 Å². The summed E-state index contributed by atoms with van der Waals surface area (Å²) < 4.78 is 0.298. The van der Waals surface area contributed by atoms with Gasteiger partial charge in [0.2, 0.25) is 0 Å². The molecule has 0 spiro atoms. The molecule has 1 saturated carbocycles. The molecule has 0 saturated heterocycles. The highest BCUT2D eigenvalue weighted by Crippen LogP contribution is 2.47. The first-order chi connectivity index (χ1) is 8.58. The molecule has 1 aromatic rings. The fourth-order valence-corrected chi connectivity index (χ4v) is 2.41. The molecule has 0 atom stereocenters. The second kappa shape index (κ2) is 5.01. The smallest absolute Gasteiger partial charge is 0.276 e. The van der Waals surface area contributed by atoms with E-state index in [0.29, 0.717) is 16.4 Å². The Morgan fingerprint density at radius 3 is 2.67 bits per heavy atom. The lowest BCUT2D eigenvalue weighted by molar-refractivity contribution is -0.384. The molecule has 98 valence electrons. The number of hydrogen-bond acceptors (Lipinski definition) is 6. The number of hydrogen-bond donors (Lipinski definition) is 2. The molecule has 1 aliphatic carbocycles. The van der Waals surface area contributed by atoms with Crippen molar-refractivity contribution in [2.24, 2.45) is 0 Å². The summed E-state index contributed by atoms with van der Waals surface area (Å²) in [5.74, 6) is 1.05. The van der Waals surface area contributed by atoms with Crippen LogP contribution in [0.1, 0.15) is 12.8 Å². The molecule has 2 N–H and O–H groups in total. The Bertz CT molecular complexity index is 462. The van der Waals surface area contributed by atoms with E-state index >= 15 is 0 Å². The van der Waals surface area contributed by atoms with Gasteiger partial charge in [0.25, 0.3) is 5.69 Å². The van der Waals surface area contributed by atoms with Crippen LogP contribution in [0.25, 0.3) is 0 Å². The van der Waals surface area contributed by atoms with Gasteiger partial charge in [-0.25, -0.2) is 4.98 Å². The molecular formula is C11H16N4O2S. The summed E-state index contributed by atoms with van der Waals surface area (Å²) in [6.45, 7) is 0.797. The van der Waals surface area contributed by atoms with E-state index < -0.39 is 4.92 Å². The Morgan fingerprint density at radius 2 is 2.17 bits per heavy atom. The van der Waals surface area contributed by atoms with Crippen LogP contribution in [-0.2, 0) is 0 Å². The van der Waals surface area contributed by atoms with E-state index in [0.717, 1.165) is 6.54 Å². The lowest BCUT2D eigenvalue weighted by Gasteiger charge is -2.14. The summed E-state index contributed by atoms with van der Waals surface area (Å²) in [4.78, 5) is 14.7. The molecule has 7 heteroatoms. The zero-order valence-electron chi connectivity index (χ0n) is 10.4. The van der Waals surface area contributed by atoms with Gasteiger partial charge in [0.1, 0.15) is 11.6 Å². The minimum atomic E-state index is -0.408. The van der Waals surface area contributed by atoms with E-state index in [1.807, 2.05) is 11.8 Å². The average molecular weight is 268 g/mol. The first-order valence-electron chi connectivity index (χ1n) is 5.72. The minimum Gasteiger partial charge on any atom is -0.373 e. The first kappa shape index (κ1) is 12.9. The van der Waals surface area contributed by atoms with Gasteiger partial charge in [0.05, 0.1) is 17.1 Å². The molecule has 18 heavy (non-hydrogen) atoms. The molecule has 6 nitrogen and oxygen atoms in total. The molecule has 0 radical (unpaired) electrons. The molecule has 0 amide bonds. The van der Waals surface area contributed by atoms with Crippen molar-refractivity contribution < 1.29 is 4.92 Å². The highest BCUT2D eigenvalue weighted by molar-refractivity contribution is 8.00. The zero-order chi connectivity index (χ0) is 13.2. The zero-order valence-corrected chi connectivity index (χ0v) is 11.2. The van der Waals surface area contributed by atoms with Crippen LogP contribution in [0.3, 0.4) is 0 Å². The first-order valence-corrected chi connectivity index (χ1v) is 6.94. The minimum absolute atomic E-state index is 0.0471. The molecule has 1 heterocycles. The number of aromatic nitrogens is 1. The summed E-state index contributed by atoms with van der Waals surface area (Å²) in [5, 5.41) is 16.8. The highest BCUT2D eigenvalue weighted by Gasteiger charge is 2.41. The molecule has 1 fully saturated rings. The predicted molar refractivity (Wildman–Crippen MR) is 74.4 cm³/mol. The molecule has 0 aliphatic heterocycles. The fraction of sp³-hybridized carbons (Fsp3) is 0.545. The second-order valence-electron chi connectivity index (χ2n) is 4.34. The number of pyridine rings is 1. The monoisotopic (exact) mass is 268 g/mol. The largest absolute Gasteiger partial charge is 0.373 e. The summed E-state index contributed by atoms with van der Waals surface area (Å²) in [6.07, 6.45) is 4.47. The third kappa shape index (κ3) is 2.84. The van der Waals surface area contributed by atoms with Crippen LogP contribution in [0.15, 0.2) is 12.1 Å². The van der Waals surface area contributed by atoms with Crippen LogP contribution in [0.5, 0.6) is 0 Å². The van der Waals surface area contributed by atoms with Gasteiger partial charge in [-0.1, -0.05) is 0 Å². The average Bonchev–Trinajstić information content (AvgIpc) is 3.16. The van der Waals surface area contributed by atoms with E-state index in [1.165, 1.54) is 25.0 Å². The van der Waals surface area contributed by atoms with Gasteiger partial charge in [0, 0.05) is 18.3 Å². The van der Waals surface area contributed by atoms with E-state index in [-0.39, 0.29) is 5.69 Å². The number of rotatable bonds is 6. The Hall–Kier alpha value is -1.50. The van der Waals surface area contributed by atoms with Crippen LogP contribution in [0, 0.1) is 10.1 Å². The van der Waals surface area contributed by atoms with E-state index in [1.54, 1.807) is 7.05 Å². The standard InChI is InChI=1S/C11H16N4O2S/c1-12-9-5-8(15(16)17)6-10(14-9)13-7-11(18-2)3-4-11/h5-6H,3-4,7H2,1-2H3,(H2,12,13,14). The Balaban J connectivity index is 2.11. The van der Waals surface area contributed by atoms with Gasteiger partial charge in [-0.15, -0.1) is 0 Å². The van der Waals surface area contributed by atoms with Gasteiger partial charge >= 0.3 is 0 Å². The van der Waals surface area contributed by atoms with E-state index in [9.17, 15) is 10.1 Å². The number of nitrogens with zero attached hydrogens (tertiary/aromatic N) is 2. The van der Waals surface area contributed by atoms with E-state index in [4.69, 9.17) is 0 Å². The number of thioether (sulfide) groups is 1. The SMILES string of the molecule is CNc1cc([N+](=O)[O-])cc(NCC2(SC)CC2)n1. The predicted octanol–water partition coefficient (Wildman–Crippen LogP) is 2.34. The van der Waals surface area contributed by atoms with Gasteiger partial charge in [-0.3, -0.25) is 10.1 Å². The van der Waals surface area contributed by atoms with Crippen molar-refractivity contribution in [1.82, 2.24) is 4.98 Å². The van der Waals surface area contributed by atoms with Crippen LogP contribution in [0.4, 0.5) is 17.3 Å². The summed E-state index contributed by atoms with van der Waals surface area (Å²) in [7, 11) is 1.69. The summed E-state index contributed by atoms with van der Waals surface area (Å²) in [6, 6.07) is 2.89.